The van der Waals surface area contributed by atoms with Crippen molar-refractivity contribution in [2.75, 3.05) is 25.6 Å². The number of carbonyl (C=O) groups excluding carboxylic acids is 1. The molecule has 1 aromatic heterocycles. The van der Waals surface area contributed by atoms with E-state index in [0.717, 1.165) is 11.3 Å². The standard InChI is InChI=1S/C23H22FN3O3/c1-27-19-11-15(29-2)7-8-17(19)22(16-5-3-4-6-18(16)24)26-12-20(27)21(25)23(28)14-9-10-30-13-14/h3-11,13,20-21H,12,25H2,1-2H3. The first-order chi connectivity index (χ1) is 14.5. The largest absolute Gasteiger partial charge is 0.497 e. The number of ether oxygens (including phenoxy) is 1. The first-order valence-electron chi connectivity index (χ1n) is 9.54. The molecule has 7 heteroatoms. The summed E-state index contributed by atoms with van der Waals surface area (Å²) >= 11 is 0. The SMILES string of the molecule is COc1ccc2c(c1)N(C)C(C(N)C(=O)c1ccoc1)CN=C2c1ccccc1F. The molecule has 0 saturated carbocycles. The van der Waals surface area contributed by atoms with E-state index in [1.165, 1.54) is 18.6 Å². The molecule has 1 aliphatic rings. The molecule has 4 rings (SSSR count). The van der Waals surface area contributed by atoms with Gasteiger partial charge in [-0.2, -0.15) is 0 Å². The van der Waals surface area contributed by atoms with Crippen molar-refractivity contribution in [1.82, 2.24) is 0 Å². The van der Waals surface area contributed by atoms with Crippen LogP contribution in [0.2, 0.25) is 0 Å². The summed E-state index contributed by atoms with van der Waals surface area (Å²) < 4.78 is 25.0. The van der Waals surface area contributed by atoms with E-state index >= 15 is 0 Å². The Bertz CT molecular complexity index is 1090. The number of furan rings is 1. The van der Waals surface area contributed by atoms with E-state index in [4.69, 9.17) is 19.9 Å². The van der Waals surface area contributed by atoms with E-state index < -0.39 is 12.1 Å². The monoisotopic (exact) mass is 407 g/mol. The van der Waals surface area contributed by atoms with Gasteiger partial charge in [-0.3, -0.25) is 9.79 Å². The maximum Gasteiger partial charge on any atom is 0.184 e. The number of methoxy groups -OCH3 is 1. The Morgan fingerprint density at radius 3 is 2.77 bits per heavy atom. The lowest BCUT2D eigenvalue weighted by Crippen LogP contribution is -2.52. The highest BCUT2D eigenvalue weighted by Crippen LogP contribution is 2.32. The van der Waals surface area contributed by atoms with Crippen molar-refractivity contribution in [2.24, 2.45) is 10.7 Å². The third-order valence-corrected chi connectivity index (χ3v) is 5.43. The molecule has 154 valence electrons. The van der Waals surface area contributed by atoms with Crippen molar-refractivity contribution in [1.29, 1.82) is 0 Å². The second-order valence-corrected chi connectivity index (χ2v) is 7.13. The zero-order valence-electron chi connectivity index (χ0n) is 16.7. The van der Waals surface area contributed by atoms with E-state index in [9.17, 15) is 9.18 Å². The van der Waals surface area contributed by atoms with Crippen LogP contribution in [0, 0.1) is 5.82 Å². The zero-order valence-corrected chi connectivity index (χ0v) is 16.7. The van der Waals surface area contributed by atoms with E-state index in [0.29, 0.717) is 22.6 Å². The maximum absolute atomic E-state index is 14.6. The maximum atomic E-state index is 14.6. The molecule has 2 unspecified atom stereocenters. The number of fused-ring (bicyclic) bond motifs is 1. The van der Waals surface area contributed by atoms with Crippen LogP contribution in [0.15, 0.2) is 70.5 Å². The van der Waals surface area contributed by atoms with Crippen molar-refractivity contribution in [3.8, 4) is 5.75 Å². The third-order valence-electron chi connectivity index (χ3n) is 5.43. The van der Waals surface area contributed by atoms with Crippen molar-refractivity contribution in [3.63, 3.8) is 0 Å². The average molecular weight is 407 g/mol. The molecule has 0 bridgehead atoms. The first-order valence-corrected chi connectivity index (χ1v) is 9.54. The Morgan fingerprint density at radius 2 is 2.07 bits per heavy atom. The van der Waals surface area contributed by atoms with Crippen LogP contribution in [-0.2, 0) is 0 Å². The van der Waals surface area contributed by atoms with Crippen LogP contribution in [0.4, 0.5) is 10.1 Å². The van der Waals surface area contributed by atoms with Gasteiger partial charge in [0.25, 0.3) is 0 Å². The fourth-order valence-electron chi connectivity index (χ4n) is 3.71. The predicted molar refractivity (Wildman–Crippen MR) is 113 cm³/mol. The number of rotatable bonds is 5. The van der Waals surface area contributed by atoms with Gasteiger partial charge in [-0.25, -0.2) is 4.39 Å². The van der Waals surface area contributed by atoms with Gasteiger partial charge in [0, 0.05) is 29.9 Å². The molecular weight excluding hydrogens is 385 g/mol. The van der Waals surface area contributed by atoms with Crippen LogP contribution in [0.1, 0.15) is 21.5 Å². The number of hydrogen-bond donors (Lipinski definition) is 1. The summed E-state index contributed by atoms with van der Waals surface area (Å²) in [7, 11) is 3.43. The number of nitrogens with two attached hydrogens (primary N) is 1. The second kappa shape index (κ2) is 8.12. The topological polar surface area (TPSA) is 81.1 Å². The second-order valence-electron chi connectivity index (χ2n) is 7.13. The Labute approximate surface area is 173 Å². The first kappa shape index (κ1) is 19.8. The van der Waals surface area contributed by atoms with Gasteiger partial charge in [0.2, 0.25) is 0 Å². The molecule has 0 aliphatic carbocycles. The molecule has 0 amide bonds. The van der Waals surface area contributed by atoms with Crippen molar-refractivity contribution in [3.05, 3.63) is 83.6 Å². The summed E-state index contributed by atoms with van der Waals surface area (Å²) in [5.74, 6) is 0.0383. The summed E-state index contributed by atoms with van der Waals surface area (Å²) in [6, 6.07) is 12.3. The molecule has 3 aromatic rings. The minimum atomic E-state index is -0.852. The van der Waals surface area contributed by atoms with Crippen molar-refractivity contribution < 1.29 is 18.3 Å². The Morgan fingerprint density at radius 1 is 1.27 bits per heavy atom. The van der Waals surface area contributed by atoms with Gasteiger partial charge < -0.3 is 19.8 Å². The van der Waals surface area contributed by atoms with E-state index in [1.807, 2.05) is 24.1 Å². The number of nitrogens with zero attached hydrogens (tertiary/aromatic N) is 2. The molecule has 0 saturated heterocycles. The van der Waals surface area contributed by atoms with Gasteiger partial charge in [0.15, 0.2) is 5.78 Å². The number of halogens is 1. The molecule has 0 fully saturated rings. The van der Waals surface area contributed by atoms with Crippen LogP contribution in [0.5, 0.6) is 5.75 Å². The number of benzene rings is 2. The number of hydrogen-bond acceptors (Lipinski definition) is 6. The Kier molecular flexibility index (Phi) is 5.37. The lowest BCUT2D eigenvalue weighted by molar-refractivity contribution is 0.0949. The fraction of sp³-hybridized carbons (Fsp3) is 0.217. The van der Waals surface area contributed by atoms with Gasteiger partial charge >= 0.3 is 0 Å². The molecule has 0 radical (unpaired) electrons. The predicted octanol–water partition coefficient (Wildman–Crippen LogP) is 3.29. The summed E-state index contributed by atoms with van der Waals surface area (Å²) in [5.41, 5.74) is 9.20. The van der Waals surface area contributed by atoms with Gasteiger partial charge in [-0.1, -0.05) is 12.1 Å². The highest BCUT2D eigenvalue weighted by molar-refractivity contribution is 6.16. The smallest absolute Gasteiger partial charge is 0.184 e. The van der Waals surface area contributed by atoms with Crippen molar-refractivity contribution in [2.45, 2.75) is 12.1 Å². The minimum Gasteiger partial charge on any atom is -0.497 e. The molecule has 2 N–H and O–H groups in total. The van der Waals surface area contributed by atoms with Crippen molar-refractivity contribution >= 4 is 17.2 Å². The molecule has 2 aromatic carbocycles. The Balaban J connectivity index is 1.81. The summed E-state index contributed by atoms with van der Waals surface area (Å²) in [4.78, 5) is 19.5. The summed E-state index contributed by atoms with van der Waals surface area (Å²) in [6.45, 7) is 0.224. The molecule has 2 heterocycles. The molecule has 0 spiro atoms. The number of likely N-dealkylation sites (N-methyl/N-ethyl adjacent to an activating group) is 1. The van der Waals surface area contributed by atoms with E-state index in [1.54, 1.807) is 37.4 Å². The van der Waals surface area contributed by atoms with Crippen LogP contribution in [-0.4, -0.2) is 44.3 Å². The molecule has 1 aliphatic heterocycles. The Hall–Kier alpha value is -3.45. The van der Waals surface area contributed by atoms with E-state index in [2.05, 4.69) is 0 Å². The number of aliphatic imine (C=N–C) groups is 1. The van der Waals surface area contributed by atoms with Gasteiger partial charge in [-0.15, -0.1) is 0 Å². The van der Waals surface area contributed by atoms with Crippen LogP contribution >= 0.6 is 0 Å². The molecule has 6 nitrogen and oxygen atoms in total. The number of benzodiazepines with no additional fused rings is 1. The quantitative estimate of drug-likeness (QED) is 0.657. The molecular formula is C23H22FN3O3. The van der Waals surface area contributed by atoms with Crippen LogP contribution in [0.25, 0.3) is 0 Å². The van der Waals surface area contributed by atoms with Crippen LogP contribution < -0.4 is 15.4 Å². The third kappa shape index (κ3) is 3.48. The van der Waals surface area contributed by atoms with Gasteiger partial charge in [0.1, 0.15) is 17.8 Å². The lowest BCUT2D eigenvalue weighted by atomic mass is 9.97. The lowest BCUT2D eigenvalue weighted by Gasteiger charge is -2.32. The fourth-order valence-corrected chi connectivity index (χ4v) is 3.71. The van der Waals surface area contributed by atoms with Gasteiger partial charge in [0.05, 0.1) is 43.3 Å². The highest BCUT2D eigenvalue weighted by atomic mass is 19.1. The number of Topliss-reactive ketones (excluding diaryl/α,β-unsaturated/α-hetero) is 1. The summed E-state index contributed by atoms with van der Waals surface area (Å²) in [6.07, 6.45) is 2.81. The van der Waals surface area contributed by atoms with Gasteiger partial charge in [-0.05, 0) is 30.3 Å². The number of carbonyl (C=O) groups is 1. The average Bonchev–Trinajstić information content (AvgIpc) is 3.26. The number of ketones is 1. The van der Waals surface area contributed by atoms with E-state index in [-0.39, 0.29) is 18.1 Å². The minimum absolute atomic E-state index is 0.224. The van der Waals surface area contributed by atoms with Crippen LogP contribution in [0.3, 0.4) is 0 Å². The molecule has 2 atom stereocenters. The summed E-state index contributed by atoms with van der Waals surface area (Å²) in [5, 5.41) is 0. The molecule has 30 heavy (non-hydrogen) atoms. The zero-order chi connectivity index (χ0) is 21.3. The normalized spacial score (nSPS) is 17.0. The highest BCUT2D eigenvalue weighted by Gasteiger charge is 2.33. The number of anilines is 1.